The Morgan fingerprint density at radius 3 is 2.62 bits per heavy atom. The van der Waals surface area contributed by atoms with Gasteiger partial charge in [0, 0.05) is 11.3 Å². The van der Waals surface area contributed by atoms with E-state index in [1.165, 1.54) is 17.3 Å². The summed E-state index contributed by atoms with van der Waals surface area (Å²) in [6, 6.07) is 16.6. The Hall–Kier alpha value is -3.11. The molecule has 0 aliphatic heterocycles. The summed E-state index contributed by atoms with van der Waals surface area (Å²) in [6.45, 7) is 2.02. The molecular weight excluding hydrogens is 348 g/mol. The molecule has 0 saturated carbocycles. The van der Waals surface area contributed by atoms with Crippen LogP contribution in [0.25, 0.3) is 11.4 Å². The molecule has 1 heterocycles. The van der Waals surface area contributed by atoms with Crippen molar-refractivity contribution in [3.05, 3.63) is 65.5 Å². The van der Waals surface area contributed by atoms with Crippen LogP contribution in [0.15, 0.2) is 53.1 Å². The Morgan fingerprint density at radius 1 is 1.19 bits per heavy atom. The van der Waals surface area contributed by atoms with Gasteiger partial charge in [0.05, 0.1) is 23.1 Å². The molecule has 0 aliphatic rings. The van der Waals surface area contributed by atoms with Crippen molar-refractivity contribution in [2.45, 2.75) is 12.7 Å². The number of amides is 1. The summed E-state index contributed by atoms with van der Waals surface area (Å²) in [5, 5.41) is 15.5. The topological polar surface area (TPSA) is 91.8 Å². The van der Waals surface area contributed by atoms with Gasteiger partial charge in [-0.3, -0.25) is 4.79 Å². The zero-order chi connectivity index (χ0) is 18.4. The number of aromatic nitrogens is 2. The molecule has 0 bridgehead atoms. The SMILES string of the molecule is Cc1ccc(-c2noc(CSCC(=O)Nc3ccc(C#N)cc3)n2)cc1. The van der Waals surface area contributed by atoms with Crippen molar-refractivity contribution in [1.29, 1.82) is 5.26 Å². The highest BCUT2D eigenvalue weighted by Gasteiger charge is 2.10. The summed E-state index contributed by atoms with van der Waals surface area (Å²) in [5.74, 6) is 1.62. The zero-order valence-corrected chi connectivity index (χ0v) is 14.9. The number of hydrogen-bond donors (Lipinski definition) is 1. The number of nitrogens with zero attached hydrogens (tertiary/aromatic N) is 3. The second-order valence-corrected chi connectivity index (χ2v) is 6.59. The Labute approximate surface area is 155 Å². The van der Waals surface area contributed by atoms with Gasteiger partial charge in [0.1, 0.15) is 0 Å². The van der Waals surface area contributed by atoms with Gasteiger partial charge in [-0.15, -0.1) is 11.8 Å². The predicted octanol–water partition coefficient (Wildman–Crippen LogP) is 3.79. The fourth-order valence-corrected chi connectivity index (χ4v) is 2.84. The lowest BCUT2D eigenvalue weighted by Crippen LogP contribution is -2.14. The molecule has 0 fully saturated rings. The summed E-state index contributed by atoms with van der Waals surface area (Å²) >= 11 is 1.39. The number of carbonyl (C=O) groups excluding carboxylic acids is 1. The lowest BCUT2D eigenvalue weighted by molar-refractivity contribution is -0.113. The van der Waals surface area contributed by atoms with Gasteiger partial charge in [0.15, 0.2) is 0 Å². The minimum atomic E-state index is -0.127. The molecule has 130 valence electrons. The Balaban J connectivity index is 1.48. The average molecular weight is 364 g/mol. The molecule has 0 unspecified atom stereocenters. The van der Waals surface area contributed by atoms with Crippen molar-refractivity contribution in [1.82, 2.24) is 10.1 Å². The summed E-state index contributed by atoms with van der Waals surface area (Å²) in [4.78, 5) is 16.3. The van der Waals surface area contributed by atoms with Crippen LogP contribution in [0.4, 0.5) is 5.69 Å². The number of anilines is 1. The number of aryl methyl sites for hydroxylation is 1. The highest BCUT2D eigenvalue weighted by atomic mass is 32.2. The molecule has 0 atom stereocenters. The minimum absolute atomic E-state index is 0.127. The van der Waals surface area contributed by atoms with E-state index in [0.717, 1.165) is 5.56 Å². The van der Waals surface area contributed by atoms with Gasteiger partial charge in [0.25, 0.3) is 0 Å². The van der Waals surface area contributed by atoms with Crippen LogP contribution in [0.1, 0.15) is 17.0 Å². The molecular formula is C19H16N4O2S. The van der Waals surface area contributed by atoms with Crippen molar-refractivity contribution < 1.29 is 9.32 Å². The van der Waals surface area contributed by atoms with E-state index >= 15 is 0 Å². The third-order valence-corrected chi connectivity index (χ3v) is 4.45. The van der Waals surface area contributed by atoms with Crippen LogP contribution in [-0.4, -0.2) is 21.8 Å². The Kier molecular flexibility index (Phi) is 5.66. The second-order valence-electron chi connectivity index (χ2n) is 5.61. The van der Waals surface area contributed by atoms with Gasteiger partial charge in [-0.05, 0) is 31.2 Å². The maximum atomic E-state index is 12.0. The van der Waals surface area contributed by atoms with Crippen molar-refractivity contribution in [3.63, 3.8) is 0 Å². The fourth-order valence-electron chi connectivity index (χ4n) is 2.19. The first-order valence-corrected chi connectivity index (χ1v) is 9.07. The zero-order valence-electron chi connectivity index (χ0n) is 14.1. The molecule has 6 nitrogen and oxygen atoms in total. The normalized spacial score (nSPS) is 10.3. The molecule has 1 N–H and O–H groups in total. The second kappa shape index (κ2) is 8.32. The van der Waals surface area contributed by atoms with Gasteiger partial charge in [0.2, 0.25) is 17.6 Å². The quantitative estimate of drug-likeness (QED) is 0.715. The van der Waals surface area contributed by atoms with Crippen molar-refractivity contribution in [3.8, 4) is 17.5 Å². The highest BCUT2D eigenvalue weighted by Crippen LogP contribution is 2.19. The highest BCUT2D eigenvalue weighted by molar-refractivity contribution is 7.99. The van der Waals surface area contributed by atoms with E-state index in [1.54, 1.807) is 24.3 Å². The van der Waals surface area contributed by atoms with E-state index in [1.807, 2.05) is 37.3 Å². The first kappa shape index (κ1) is 17.7. The van der Waals surface area contributed by atoms with Crippen LogP contribution < -0.4 is 5.32 Å². The van der Waals surface area contributed by atoms with Crippen molar-refractivity contribution in [2.24, 2.45) is 0 Å². The van der Waals surface area contributed by atoms with Gasteiger partial charge in [-0.25, -0.2) is 0 Å². The smallest absolute Gasteiger partial charge is 0.236 e. The largest absolute Gasteiger partial charge is 0.338 e. The number of carbonyl (C=O) groups is 1. The average Bonchev–Trinajstić information content (AvgIpc) is 3.12. The first-order valence-electron chi connectivity index (χ1n) is 7.91. The predicted molar refractivity (Wildman–Crippen MR) is 100 cm³/mol. The number of nitriles is 1. The lowest BCUT2D eigenvalue weighted by Gasteiger charge is -2.04. The van der Waals surface area contributed by atoms with Gasteiger partial charge < -0.3 is 9.84 Å². The molecule has 1 amide bonds. The Bertz CT molecular complexity index is 927. The van der Waals surface area contributed by atoms with Crippen molar-refractivity contribution in [2.75, 3.05) is 11.1 Å². The number of rotatable bonds is 6. The molecule has 7 heteroatoms. The third kappa shape index (κ3) is 4.71. The molecule has 2 aromatic carbocycles. The van der Waals surface area contributed by atoms with Crippen LogP contribution in [0.3, 0.4) is 0 Å². The molecule has 3 aromatic rings. The monoisotopic (exact) mass is 364 g/mol. The van der Waals surface area contributed by atoms with Crippen LogP contribution in [0, 0.1) is 18.3 Å². The van der Waals surface area contributed by atoms with Gasteiger partial charge >= 0.3 is 0 Å². The molecule has 26 heavy (non-hydrogen) atoms. The lowest BCUT2D eigenvalue weighted by atomic mass is 10.1. The van der Waals surface area contributed by atoms with E-state index < -0.39 is 0 Å². The van der Waals surface area contributed by atoms with Crippen LogP contribution in [0.5, 0.6) is 0 Å². The molecule has 0 spiro atoms. The van der Waals surface area contributed by atoms with Crippen LogP contribution in [0.2, 0.25) is 0 Å². The first-order chi connectivity index (χ1) is 12.6. The molecule has 0 saturated heterocycles. The summed E-state index contributed by atoms with van der Waals surface area (Å²) in [6.07, 6.45) is 0. The Morgan fingerprint density at radius 2 is 1.92 bits per heavy atom. The van der Waals surface area contributed by atoms with Gasteiger partial charge in [-0.2, -0.15) is 10.2 Å². The fraction of sp³-hybridized carbons (Fsp3) is 0.158. The third-order valence-electron chi connectivity index (χ3n) is 3.53. The van der Waals surface area contributed by atoms with Crippen LogP contribution >= 0.6 is 11.8 Å². The van der Waals surface area contributed by atoms with E-state index in [2.05, 4.69) is 15.5 Å². The molecule has 1 aromatic heterocycles. The summed E-state index contributed by atoms with van der Waals surface area (Å²) in [5.41, 5.74) is 3.28. The number of nitrogens with one attached hydrogen (secondary N) is 1. The summed E-state index contributed by atoms with van der Waals surface area (Å²) in [7, 11) is 0. The maximum Gasteiger partial charge on any atom is 0.236 e. The standard InChI is InChI=1S/C19H16N4O2S/c1-13-2-6-15(7-3-13)19-22-18(25-23-19)12-26-11-17(24)21-16-8-4-14(10-20)5-9-16/h2-9H,11-12H2,1H3,(H,21,24). The van der Waals surface area contributed by atoms with Crippen molar-refractivity contribution >= 4 is 23.4 Å². The number of benzene rings is 2. The molecule has 0 radical (unpaired) electrons. The van der Waals surface area contributed by atoms with Gasteiger partial charge in [-0.1, -0.05) is 35.0 Å². The van der Waals surface area contributed by atoms with E-state index in [-0.39, 0.29) is 11.7 Å². The van der Waals surface area contributed by atoms with E-state index in [4.69, 9.17) is 9.78 Å². The molecule has 0 aliphatic carbocycles. The minimum Gasteiger partial charge on any atom is -0.338 e. The van der Waals surface area contributed by atoms with E-state index in [0.29, 0.717) is 28.7 Å². The van der Waals surface area contributed by atoms with Crippen LogP contribution in [-0.2, 0) is 10.5 Å². The number of thioether (sulfide) groups is 1. The molecule has 3 rings (SSSR count). The maximum absolute atomic E-state index is 12.0. The summed E-state index contributed by atoms with van der Waals surface area (Å²) < 4.78 is 5.23. The van der Waals surface area contributed by atoms with E-state index in [9.17, 15) is 4.79 Å². The number of hydrogen-bond acceptors (Lipinski definition) is 6.